The summed E-state index contributed by atoms with van der Waals surface area (Å²) in [5, 5.41) is 6.50. The Kier molecular flexibility index (Phi) is 6.31. The first kappa shape index (κ1) is 28.9. The Morgan fingerprint density at radius 3 is 2.02 bits per heavy atom. The van der Waals surface area contributed by atoms with Gasteiger partial charge in [-0.25, -0.2) is 15.0 Å². The molecule has 0 spiro atoms. The van der Waals surface area contributed by atoms with Crippen molar-refractivity contribution >= 4 is 60.2 Å². The summed E-state index contributed by atoms with van der Waals surface area (Å²) >= 11 is 0. The standard InChI is InChI=1S/C47H29N3O2/c1-3-10-30-24-34(18-16-28(30)8-1)45-48-46(35-19-17-29-9-2-4-11-31(29)25-35)50-47(49-45)37-13-7-15-43-44(37)39-27-33(21-23-42(39)52-43)32-20-22-41-38(26-32)36-12-5-6-14-40(36)51-41/h1-28,30H. The molecular weight excluding hydrogens is 639 g/mol. The summed E-state index contributed by atoms with van der Waals surface area (Å²) in [6.45, 7) is 0. The molecule has 11 rings (SSSR count). The second-order valence-corrected chi connectivity index (χ2v) is 13.6. The molecule has 2 aliphatic rings. The van der Waals surface area contributed by atoms with E-state index in [9.17, 15) is 0 Å². The number of nitrogens with zero attached hydrogens (tertiary/aromatic N) is 3. The zero-order valence-corrected chi connectivity index (χ0v) is 27.9. The molecule has 244 valence electrons. The molecule has 0 fully saturated rings. The van der Waals surface area contributed by atoms with Crippen LogP contribution in [0.4, 0.5) is 0 Å². The molecule has 3 heterocycles. The van der Waals surface area contributed by atoms with Crippen molar-refractivity contribution in [2.24, 2.45) is 11.8 Å². The van der Waals surface area contributed by atoms with Gasteiger partial charge in [0, 0.05) is 50.1 Å². The van der Waals surface area contributed by atoms with Crippen molar-refractivity contribution in [1.29, 1.82) is 0 Å². The predicted molar refractivity (Wildman–Crippen MR) is 211 cm³/mol. The minimum Gasteiger partial charge on any atom is -0.456 e. The third kappa shape index (κ3) is 4.67. The number of fused-ring (bicyclic) bond motifs is 8. The van der Waals surface area contributed by atoms with Crippen molar-refractivity contribution in [3.63, 3.8) is 0 Å². The topological polar surface area (TPSA) is 65.0 Å². The van der Waals surface area contributed by atoms with Crippen LogP contribution in [-0.2, 0) is 0 Å². The first-order chi connectivity index (χ1) is 25.7. The number of rotatable bonds is 4. The Labute approximate surface area is 298 Å². The molecule has 0 bridgehead atoms. The second kappa shape index (κ2) is 11.3. The fourth-order valence-electron chi connectivity index (χ4n) is 7.81. The fraction of sp³-hybridized carbons (Fsp3) is 0.0426. The molecule has 5 heteroatoms. The first-order valence-electron chi connectivity index (χ1n) is 17.6. The lowest BCUT2D eigenvalue weighted by Gasteiger charge is -2.22. The maximum atomic E-state index is 6.47. The Morgan fingerprint density at radius 2 is 1.12 bits per heavy atom. The van der Waals surface area contributed by atoms with E-state index < -0.39 is 0 Å². The Morgan fingerprint density at radius 1 is 0.442 bits per heavy atom. The summed E-state index contributed by atoms with van der Waals surface area (Å²) in [4.78, 5) is 15.5. The van der Waals surface area contributed by atoms with Gasteiger partial charge in [-0.3, -0.25) is 0 Å². The normalized spacial score (nSPS) is 16.7. The number of benzene rings is 6. The Hall–Kier alpha value is -6.85. The second-order valence-electron chi connectivity index (χ2n) is 13.6. The van der Waals surface area contributed by atoms with Gasteiger partial charge in [-0.2, -0.15) is 0 Å². The lowest BCUT2D eigenvalue weighted by Crippen LogP contribution is -2.12. The monoisotopic (exact) mass is 667 g/mol. The van der Waals surface area contributed by atoms with E-state index in [0.29, 0.717) is 23.4 Å². The maximum absolute atomic E-state index is 6.47. The number of hydrogen-bond donors (Lipinski definition) is 0. The number of aromatic nitrogens is 3. The van der Waals surface area contributed by atoms with Crippen LogP contribution < -0.4 is 0 Å². The number of hydrogen-bond acceptors (Lipinski definition) is 5. The SMILES string of the molecule is C1=CC2C=CC(c3nc(-c4ccc5ccccc5c4)nc(-c4cccc5oc6ccc(-c7ccc8oc9ccccc9c8c7)cc6c45)n3)=CC2C=C1. The van der Waals surface area contributed by atoms with Gasteiger partial charge in [0.05, 0.1) is 0 Å². The van der Waals surface area contributed by atoms with E-state index >= 15 is 0 Å². The quantitative estimate of drug-likeness (QED) is 0.187. The molecule has 5 nitrogen and oxygen atoms in total. The van der Waals surface area contributed by atoms with E-state index in [-0.39, 0.29) is 5.92 Å². The Bertz CT molecular complexity index is 3050. The minimum atomic E-state index is 0.258. The lowest BCUT2D eigenvalue weighted by molar-refractivity contribution is 0.662. The van der Waals surface area contributed by atoms with Crippen molar-refractivity contribution in [1.82, 2.24) is 15.0 Å². The summed E-state index contributed by atoms with van der Waals surface area (Å²) in [7, 11) is 0. The molecule has 0 radical (unpaired) electrons. The van der Waals surface area contributed by atoms with Gasteiger partial charge in [-0.15, -0.1) is 0 Å². The van der Waals surface area contributed by atoms with Gasteiger partial charge in [0.2, 0.25) is 0 Å². The first-order valence-corrected chi connectivity index (χ1v) is 17.6. The molecule has 52 heavy (non-hydrogen) atoms. The van der Waals surface area contributed by atoms with E-state index in [1.807, 2.05) is 24.3 Å². The van der Waals surface area contributed by atoms with Gasteiger partial charge in [-0.05, 0) is 64.4 Å². The van der Waals surface area contributed by atoms with Crippen LogP contribution in [-0.4, -0.2) is 15.0 Å². The minimum absolute atomic E-state index is 0.258. The van der Waals surface area contributed by atoms with E-state index in [4.69, 9.17) is 23.8 Å². The van der Waals surface area contributed by atoms with E-state index in [2.05, 4.69) is 140 Å². The lowest BCUT2D eigenvalue weighted by atomic mass is 9.83. The molecule has 9 aromatic rings. The van der Waals surface area contributed by atoms with Gasteiger partial charge in [0.25, 0.3) is 0 Å². The number of allylic oxidation sites excluding steroid dienone is 8. The van der Waals surface area contributed by atoms with Crippen LogP contribution in [0, 0.1) is 11.8 Å². The van der Waals surface area contributed by atoms with Crippen LogP contribution in [0.1, 0.15) is 5.82 Å². The highest BCUT2D eigenvalue weighted by molar-refractivity contribution is 6.13. The molecule has 2 unspecified atom stereocenters. The van der Waals surface area contributed by atoms with Crippen molar-refractivity contribution in [3.05, 3.63) is 170 Å². The zero-order valence-electron chi connectivity index (χ0n) is 27.9. The highest BCUT2D eigenvalue weighted by atomic mass is 16.3. The summed E-state index contributed by atoms with van der Waals surface area (Å²) in [6.07, 6.45) is 15.4. The van der Waals surface area contributed by atoms with Crippen LogP contribution in [0.25, 0.3) is 94.1 Å². The molecule has 2 aliphatic carbocycles. The molecule has 0 aliphatic heterocycles. The summed E-state index contributed by atoms with van der Waals surface area (Å²) in [5.74, 6) is 2.48. The summed E-state index contributed by atoms with van der Waals surface area (Å²) < 4.78 is 12.6. The van der Waals surface area contributed by atoms with Gasteiger partial charge >= 0.3 is 0 Å². The third-order valence-corrected chi connectivity index (χ3v) is 10.4. The van der Waals surface area contributed by atoms with Crippen LogP contribution in [0.2, 0.25) is 0 Å². The van der Waals surface area contributed by atoms with Crippen molar-refractivity contribution < 1.29 is 8.83 Å². The third-order valence-electron chi connectivity index (χ3n) is 10.4. The smallest absolute Gasteiger partial charge is 0.164 e. The average molecular weight is 668 g/mol. The van der Waals surface area contributed by atoms with Gasteiger partial charge < -0.3 is 8.83 Å². The van der Waals surface area contributed by atoms with Crippen LogP contribution in [0.3, 0.4) is 0 Å². The molecule has 2 atom stereocenters. The zero-order chi connectivity index (χ0) is 34.2. The predicted octanol–water partition coefficient (Wildman–Crippen LogP) is 12.1. The van der Waals surface area contributed by atoms with Crippen LogP contribution in [0.5, 0.6) is 0 Å². The highest BCUT2D eigenvalue weighted by Crippen LogP contribution is 2.40. The summed E-state index contributed by atoms with van der Waals surface area (Å²) in [6, 6.07) is 41.9. The van der Waals surface area contributed by atoms with Crippen molar-refractivity contribution in [3.8, 4) is 33.9 Å². The van der Waals surface area contributed by atoms with E-state index in [1.165, 1.54) is 5.39 Å². The molecular formula is C47H29N3O2. The Balaban J connectivity index is 1.10. The molecule has 6 aromatic carbocycles. The van der Waals surface area contributed by atoms with Crippen LogP contribution >= 0.6 is 0 Å². The van der Waals surface area contributed by atoms with E-state index in [1.54, 1.807) is 0 Å². The van der Waals surface area contributed by atoms with Gasteiger partial charge in [0.15, 0.2) is 17.5 Å². The van der Waals surface area contributed by atoms with Crippen molar-refractivity contribution in [2.75, 3.05) is 0 Å². The molecule has 0 saturated carbocycles. The molecule has 0 saturated heterocycles. The van der Waals surface area contributed by atoms with E-state index in [0.717, 1.165) is 77.1 Å². The molecule has 0 N–H and O–H groups in total. The van der Waals surface area contributed by atoms with Gasteiger partial charge in [0.1, 0.15) is 22.3 Å². The molecule has 0 amide bonds. The largest absolute Gasteiger partial charge is 0.456 e. The van der Waals surface area contributed by atoms with Crippen molar-refractivity contribution in [2.45, 2.75) is 0 Å². The highest BCUT2D eigenvalue weighted by Gasteiger charge is 2.23. The maximum Gasteiger partial charge on any atom is 0.164 e. The summed E-state index contributed by atoms with van der Waals surface area (Å²) in [5.41, 5.74) is 8.39. The number of furan rings is 2. The van der Waals surface area contributed by atoms with Crippen LogP contribution in [0.15, 0.2) is 173 Å². The van der Waals surface area contributed by atoms with Gasteiger partial charge in [-0.1, -0.05) is 121 Å². The molecule has 3 aromatic heterocycles. The average Bonchev–Trinajstić information content (AvgIpc) is 3.78. The fourth-order valence-corrected chi connectivity index (χ4v) is 7.81. The number of para-hydroxylation sites is 1.